The fraction of sp³-hybridized carbons (Fsp3) is 0.366. The standard InChI is InChI=1S/C41H49NO5/c1-28(2)23-37(27-43)42-41(45)39(34-9-7-6-8-10-34)26-33-24-35(19-15-31-13-11-29(3)12-14-31)40(47-30(4)44)36(25-33)20-16-32-17-21-38(46-5)22-18-32/h6-14,17-18,21-22,24-25,28,37,39,43H,15-16,19-20,23,26-27H2,1-5H3,(H,42,45)/t37-,39?/m0/s1. The van der Waals surface area contributed by atoms with Crippen LogP contribution in [0.5, 0.6) is 11.5 Å². The van der Waals surface area contributed by atoms with Crippen molar-refractivity contribution >= 4 is 11.9 Å². The van der Waals surface area contributed by atoms with Crippen molar-refractivity contribution in [1.29, 1.82) is 0 Å². The van der Waals surface area contributed by atoms with Crippen molar-refractivity contribution in [2.75, 3.05) is 13.7 Å². The molecule has 1 amide bonds. The van der Waals surface area contributed by atoms with Crippen molar-refractivity contribution in [2.45, 2.75) is 78.2 Å². The van der Waals surface area contributed by atoms with E-state index in [1.165, 1.54) is 18.1 Å². The third-order valence-corrected chi connectivity index (χ3v) is 8.47. The molecule has 0 aromatic heterocycles. The monoisotopic (exact) mass is 635 g/mol. The van der Waals surface area contributed by atoms with Gasteiger partial charge in [0.1, 0.15) is 11.5 Å². The highest BCUT2D eigenvalue weighted by Gasteiger charge is 2.25. The van der Waals surface area contributed by atoms with Crippen LogP contribution in [-0.2, 0) is 41.7 Å². The number of esters is 1. The van der Waals surface area contributed by atoms with E-state index in [1.807, 2.05) is 42.5 Å². The summed E-state index contributed by atoms with van der Waals surface area (Å²) in [5.41, 5.74) is 7.36. The molecule has 47 heavy (non-hydrogen) atoms. The summed E-state index contributed by atoms with van der Waals surface area (Å²) >= 11 is 0. The highest BCUT2D eigenvalue weighted by Crippen LogP contribution is 2.32. The van der Waals surface area contributed by atoms with Gasteiger partial charge in [-0.2, -0.15) is 0 Å². The van der Waals surface area contributed by atoms with Gasteiger partial charge in [0.25, 0.3) is 0 Å². The zero-order valence-corrected chi connectivity index (χ0v) is 28.4. The predicted octanol–water partition coefficient (Wildman–Crippen LogP) is 7.35. The smallest absolute Gasteiger partial charge is 0.308 e. The number of aryl methyl sites for hydroxylation is 5. The largest absolute Gasteiger partial charge is 0.497 e. The Morgan fingerprint density at radius 1 is 0.787 bits per heavy atom. The molecule has 248 valence electrons. The molecule has 6 heteroatoms. The lowest BCUT2D eigenvalue weighted by Gasteiger charge is -2.24. The summed E-state index contributed by atoms with van der Waals surface area (Å²) in [6, 6.07) is 30.2. The van der Waals surface area contributed by atoms with Gasteiger partial charge >= 0.3 is 5.97 Å². The van der Waals surface area contributed by atoms with Crippen molar-refractivity contribution in [1.82, 2.24) is 5.32 Å². The van der Waals surface area contributed by atoms with Crippen LogP contribution < -0.4 is 14.8 Å². The topological polar surface area (TPSA) is 84.9 Å². The van der Waals surface area contributed by atoms with E-state index < -0.39 is 5.92 Å². The van der Waals surface area contributed by atoms with E-state index in [0.29, 0.717) is 37.4 Å². The molecule has 0 radical (unpaired) electrons. The Kier molecular flexibility index (Phi) is 13.2. The summed E-state index contributed by atoms with van der Waals surface area (Å²) < 4.78 is 11.3. The van der Waals surface area contributed by atoms with Gasteiger partial charge < -0.3 is 19.9 Å². The maximum atomic E-state index is 13.9. The second-order valence-corrected chi connectivity index (χ2v) is 12.9. The zero-order chi connectivity index (χ0) is 33.8. The number of amides is 1. The number of hydrogen-bond donors (Lipinski definition) is 2. The second kappa shape index (κ2) is 17.5. The number of ether oxygens (including phenoxy) is 2. The molecule has 4 aromatic rings. The van der Waals surface area contributed by atoms with E-state index in [0.717, 1.165) is 46.4 Å². The van der Waals surface area contributed by atoms with E-state index in [4.69, 9.17) is 9.47 Å². The van der Waals surface area contributed by atoms with Crippen molar-refractivity contribution < 1.29 is 24.2 Å². The lowest BCUT2D eigenvalue weighted by atomic mass is 9.87. The molecule has 1 unspecified atom stereocenters. The van der Waals surface area contributed by atoms with Crippen LogP contribution in [0.15, 0.2) is 91.0 Å². The maximum absolute atomic E-state index is 13.9. The van der Waals surface area contributed by atoms with Crippen LogP contribution in [0.1, 0.15) is 72.1 Å². The number of nitrogens with one attached hydrogen (secondary N) is 1. The van der Waals surface area contributed by atoms with E-state index in [9.17, 15) is 14.7 Å². The molecule has 0 aliphatic carbocycles. The minimum Gasteiger partial charge on any atom is -0.497 e. The Morgan fingerprint density at radius 3 is 1.87 bits per heavy atom. The molecule has 0 spiro atoms. The van der Waals surface area contributed by atoms with Crippen molar-refractivity contribution in [3.63, 3.8) is 0 Å². The third-order valence-electron chi connectivity index (χ3n) is 8.47. The van der Waals surface area contributed by atoms with Crippen LogP contribution in [0.3, 0.4) is 0 Å². The number of benzene rings is 4. The van der Waals surface area contributed by atoms with E-state index in [2.05, 4.69) is 74.6 Å². The number of carbonyl (C=O) groups is 2. The van der Waals surface area contributed by atoms with Crippen LogP contribution in [0.25, 0.3) is 0 Å². The minimum absolute atomic E-state index is 0.110. The molecule has 0 aliphatic heterocycles. The Morgan fingerprint density at radius 2 is 1.36 bits per heavy atom. The van der Waals surface area contributed by atoms with Gasteiger partial charge in [-0.05, 0) is 96.9 Å². The molecular formula is C41H49NO5. The summed E-state index contributed by atoms with van der Waals surface area (Å²) in [4.78, 5) is 26.3. The van der Waals surface area contributed by atoms with Gasteiger partial charge in [-0.25, -0.2) is 0 Å². The number of rotatable bonds is 16. The lowest BCUT2D eigenvalue weighted by molar-refractivity contribution is -0.132. The summed E-state index contributed by atoms with van der Waals surface area (Å²) in [7, 11) is 1.65. The van der Waals surface area contributed by atoms with Gasteiger partial charge in [-0.3, -0.25) is 9.59 Å². The first-order valence-corrected chi connectivity index (χ1v) is 16.6. The van der Waals surface area contributed by atoms with Gasteiger partial charge in [0.2, 0.25) is 5.91 Å². The summed E-state index contributed by atoms with van der Waals surface area (Å²) in [6.45, 7) is 7.57. The Hall–Kier alpha value is -4.42. The molecule has 0 aliphatic rings. The summed E-state index contributed by atoms with van der Waals surface area (Å²) in [6.07, 6.45) is 4.02. The highest BCUT2D eigenvalue weighted by molar-refractivity contribution is 5.84. The summed E-state index contributed by atoms with van der Waals surface area (Å²) in [5, 5.41) is 13.2. The molecule has 2 N–H and O–H groups in total. The van der Waals surface area contributed by atoms with Crippen LogP contribution in [-0.4, -0.2) is 36.7 Å². The minimum atomic E-state index is -0.462. The van der Waals surface area contributed by atoms with Crippen LogP contribution >= 0.6 is 0 Å². The molecule has 2 atom stereocenters. The predicted molar refractivity (Wildman–Crippen MR) is 188 cm³/mol. The molecule has 6 nitrogen and oxygen atoms in total. The normalized spacial score (nSPS) is 12.4. The first-order chi connectivity index (χ1) is 22.6. The SMILES string of the molecule is COc1ccc(CCc2cc(CC(C(=O)N[C@H](CO)CC(C)C)c3ccccc3)cc(CCc3ccc(C)cc3)c2OC(C)=O)cc1. The van der Waals surface area contributed by atoms with Gasteiger partial charge in [0.05, 0.1) is 25.7 Å². The van der Waals surface area contributed by atoms with Gasteiger partial charge in [0.15, 0.2) is 0 Å². The average molecular weight is 636 g/mol. The molecule has 0 saturated heterocycles. The number of aliphatic hydroxyl groups is 1. The molecule has 0 fully saturated rings. The average Bonchev–Trinajstić information content (AvgIpc) is 3.06. The molecule has 0 bridgehead atoms. The van der Waals surface area contributed by atoms with E-state index in [-0.39, 0.29) is 24.5 Å². The van der Waals surface area contributed by atoms with Crippen molar-refractivity contribution in [3.8, 4) is 11.5 Å². The number of hydrogen-bond acceptors (Lipinski definition) is 5. The Balaban J connectivity index is 1.73. The van der Waals surface area contributed by atoms with Crippen LogP contribution in [0, 0.1) is 12.8 Å². The van der Waals surface area contributed by atoms with Gasteiger partial charge in [0, 0.05) is 6.92 Å². The molecular weight excluding hydrogens is 586 g/mol. The van der Waals surface area contributed by atoms with Crippen LogP contribution in [0.4, 0.5) is 0 Å². The zero-order valence-electron chi connectivity index (χ0n) is 28.4. The summed E-state index contributed by atoms with van der Waals surface area (Å²) in [5.74, 6) is 0.816. The van der Waals surface area contributed by atoms with Crippen molar-refractivity contribution in [3.05, 3.63) is 130 Å². The number of methoxy groups -OCH3 is 1. The third kappa shape index (κ3) is 10.8. The van der Waals surface area contributed by atoms with Gasteiger partial charge in [-0.1, -0.05) is 98.3 Å². The van der Waals surface area contributed by atoms with Crippen LogP contribution in [0.2, 0.25) is 0 Å². The highest BCUT2D eigenvalue weighted by atomic mass is 16.5. The fourth-order valence-electron chi connectivity index (χ4n) is 6.03. The van der Waals surface area contributed by atoms with Crippen molar-refractivity contribution in [2.24, 2.45) is 5.92 Å². The Bertz CT molecular complexity index is 1580. The molecule has 0 saturated carbocycles. The Labute approximate surface area is 280 Å². The number of carbonyl (C=O) groups excluding carboxylic acids is 2. The van der Waals surface area contributed by atoms with E-state index >= 15 is 0 Å². The quantitative estimate of drug-likeness (QED) is 0.0994. The molecule has 4 rings (SSSR count). The molecule has 0 heterocycles. The lowest BCUT2D eigenvalue weighted by Crippen LogP contribution is -2.41. The second-order valence-electron chi connectivity index (χ2n) is 12.9. The van der Waals surface area contributed by atoms with Gasteiger partial charge in [-0.15, -0.1) is 0 Å². The number of aliphatic hydroxyl groups excluding tert-OH is 1. The first kappa shape index (κ1) is 35.4. The first-order valence-electron chi connectivity index (χ1n) is 16.6. The fourth-order valence-corrected chi connectivity index (χ4v) is 6.03. The molecule has 4 aromatic carbocycles. The van der Waals surface area contributed by atoms with E-state index in [1.54, 1.807) is 7.11 Å². The maximum Gasteiger partial charge on any atom is 0.308 e.